The molecule has 0 amide bonds. The van der Waals surface area contributed by atoms with E-state index in [0.29, 0.717) is 24.7 Å². The summed E-state index contributed by atoms with van der Waals surface area (Å²) in [4.78, 5) is 5.06. The number of aromatic nitrogens is 1. The first-order valence-corrected chi connectivity index (χ1v) is 7.75. The SMILES string of the molecule is CC1CN(S(=O)(=O)c2c[nH]c(CO)c2)CC1N(C)C. The van der Waals surface area contributed by atoms with Gasteiger partial charge in [-0.1, -0.05) is 6.92 Å². The lowest BCUT2D eigenvalue weighted by atomic mass is 10.1. The molecule has 7 heteroatoms. The molecule has 0 aliphatic carbocycles. The van der Waals surface area contributed by atoms with E-state index < -0.39 is 10.0 Å². The Morgan fingerprint density at radius 3 is 2.63 bits per heavy atom. The van der Waals surface area contributed by atoms with E-state index in [0.717, 1.165) is 0 Å². The van der Waals surface area contributed by atoms with Crippen LogP contribution in [0, 0.1) is 5.92 Å². The van der Waals surface area contributed by atoms with E-state index in [4.69, 9.17) is 5.11 Å². The van der Waals surface area contributed by atoms with E-state index >= 15 is 0 Å². The first kappa shape index (κ1) is 14.5. The zero-order chi connectivity index (χ0) is 14.2. The van der Waals surface area contributed by atoms with Gasteiger partial charge in [0.05, 0.1) is 11.5 Å². The second kappa shape index (κ2) is 5.24. The van der Waals surface area contributed by atoms with Gasteiger partial charge >= 0.3 is 0 Å². The van der Waals surface area contributed by atoms with Gasteiger partial charge in [-0.3, -0.25) is 0 Å². The number of sulfonamides is 1. The van der Waals surface area contributed by atoms with Crippen LogP contribution in [0.5, 0.6) is 0 Å². The maximum Gasteiger partial charge on any atom is 0.244 e. The maximum absolute atomic E-state index is 12.5. The standard InChI is InChI=1S/C12H21N3O3S/c1-9-6-15(7-12(9)14(2)3)19(17,18)11-4-10(8-16)13-5-11/h4-5,9,12-13,16H,6-8H2,1-3H3. The van der Waals surface area contributed by atoms with Crippen molar-refractivity contribution in [2.45, 2.75) is 24.5 Å². The first-order valence-electron chi connectivity index (χ1n) is 6.31. The molecular weight excluding hydrogens is 266 g/mol. The number of rotatable bonds is 4. The number of likely N-dealkylation sites (N-methyl/N-ethyl adjacent to an activating group) is 1. The minimum absolute atomic E-state index is 0.188. The van der Waals surface area contributed by atoms with E-state index in [2.05, 4.69) is 16.8 Å². The van der Waals surface area contributed by atoms with Crippen LogP contribution in [0.3, 0.4) is 0 Å². The fourth-order valence-electron chi connectivity index (χ4n) is 2.58. The summed E-state index contributed by atoms with van der Waals surface area (Å²) in [5.74, 6) is 0.307. The van der Waals surface area contributed by atoms with Gasteiger partial charge in [0, 0.05) is 31.0 Å². The van der Waals surface area contributed by atoms with E-state index in [9.17, 15) is 8.42 Å². The smallest absolute Gasteiger partial charge is 0.244 e. The highest BCUT2D eigenvalue weighted by molar-refractivity contribution is 7.89. The molecule has 1 aromatic heterocycles. The first-order chi connectivity index (χ1) is 8.86. The number of hydrogen-bond acceptors (Lipinski definition) is 4. The summed E-state index contributed by atoms with van der Waals surface area (Å²) in [7, 11) is 0.476. The Labute approximate surface area is 114 Å². The average Bonchev–Trinajstić information content (AvgIpc) is 2.95. The molecule has 1 aliphatic rings. The highest BCUT2D eigenvalue weighted by Crippen LogP contribution is 2.26. The van der Waals surface area contributed by atoms with Gasteiger partial charge in [-0.2, -0.15) is 4.31 Å². The summed E-state index contributed by atoms with van der Waals surface area (Å²) in [5.41, 5.74) is 0.509. The molecule has 1 fully saturated rings. The van der Waals surface area contributed by atoms with Crippen molar-refractivity contribution in [2.75, 3.05) is 27.2 Å². The number of nitrogens with one attached hydrogen (secondary N) is 1. The Bertz CT molecular complexity index is 538. The zero-order valence-electron chi connectivity index (χ0n) is 11.5. The second-order valence-corrected chi connectivity index (χ2v) is 7.29. The van der Waals surface area contributed by atoms with Crippen molar-refractivity contribution >= 4 is 10.0 Å². The van der Waals surface area contributed by atoms with Crippen LogP contribution >= 0.6 is 0 Å². The molecule has 2 rings (SSSR count). The Morgan fingerprint density at radius 2 is 2.16 bits per heavy atom. The number of H-pyrrole nitrogens is 1. The molecule has 2 atom stereocenters. The van der Waals surface area contributed by atoms with Gasteiger partial charge in [0.25, 0.3) is 0 Å². The highest BCUT2D eigenvalue weighted by atomic mass is 32.2. The van der Waals surface area contributed by atoms with Gasteiger partial charge in [0.15, 0.2) is 0 Å². The van der Waals surface area contributed by atoms with Crippen LogP contribution in [0.1, 0.15) is 12.6 Å². The normalized spacial score (nSPS) is 25.3. The van der Waals surface area contributed by atoms with Crippen molar-refractivity contribution in [2.24, 2.45) is 5.92 Å². The van der Waals surface area contributed by atoms with Gasteiger partial charge in [-0.05, 0) is 26.1 Å². The summed E-state index contributed by atoms with van der Waals surface area (Å²) in [6.07, 6.45) is 1.44. The van der Waals surface area contributed by atoms with Crippen molar-refractivity contribution in [1.82, 2.24) is 14.2 Å². The van der Waals surface area contributed by atoms with Crippen molar-refractivity contribution in [1.29, 1.82) is 0 Å². The molecule has 0 spiro atoms. The molecule has 0 saturated carbocycles. The zero-order valence-corrected chi connectivity index (χ0v) is 12.3. The van der Waals surface area contributed by atoms with Crippen LogP contribution in [-0.2, 0) is 16.6 Å². The summed E-state index contributed by atoms with van der Waals surface area (Å²) in [6, 6.07) is 1.73. The molecule has 0 aromatic carbocycles. The van der Waals surface area contributed by atoms with Gasteiger partial charge in [-0.25, -0.2) is 8.42 Å². The minimum Gasteiger partial charge on any atom is -0.390 e. The fourth-order valence-corrected chi connectivity index (χ4v) is 4.16. The van der Waals surface area contributed by atoms with Crippen LogP contribution in [0.4, 0.5) is 0 Å². The summed E-state index contributed by atoms with van der Waals surface area (Å²) in [5, 5.41) is 8.99. The van der Waals surface area contributed by atoms with Gasteiger partial charge in [0.1, 0.15) is 0 Å². The lowest BCUT2D eigenvalue weighted by Crippen LogP contribution is -2.35. The molecule has 6 nitrogen and oxygen atoms in total. The van der Waals surface area contributed by atoms with Gasteiger partial charge < -0.3 is 15.0 Å². The topological polar surface area (TPSA) is 76.6 Å². The molecule has 1 aliphatic heterocycles. The van der Waals surface area contributed by atoms with Crippen LogP contribution in [0.15, 0.2) is 17.2 Å². The average molecular weight is 287 g/mol. The summed E-state index contributed by atoms with van der Waals surface area (Å²) >= 11 is 0. The van der Waals surface area contributed by atoms with Crippen molar-refractivity contribution in [3.63, 3.8) is 0 Å². The maximum atomic E-state index is 12.5. The quantitative estimate of drug-likeness (QED) is 0.822. The highest BCUT2D eigenvalue weighted by Gasteiger charge is 2.38. The molecule has 108 valence electrons. The lowest BCUT2D eigenvalue weighted by molar-refractivity contribution is 0.263. The number of nitrogens with zero attached hydrogens (tertiary/aromatic N) is 2. The largest absolute Gasteiger partial charge is 0.390 e. The molecule has 2 N–H and O–H groups in total. The third kappa shape index (κ3) is 2.69. The number of aliphatic hydroxyl groups is 1. The van der Waals surface area contributed by atoms with E-state index in [-0.39, 0.29) is 17.5 Å². The molecule has 19 heavy (non-hydrogen) atoms. The minimum atomic E-state index is -3.46. The molecule has 2 heterocycles. The van der Waals surface area contributed by atoms with Crippen molar-refractivity contribution in [3.8, 4) is 0 Å². The van der Waals surface area contributed by atoms with Crippen LogP contribution in [0.25, 0.3) is 0 Å². The molecular formula is C12H21N3O3S. The molecule has 1 aromatic rings. The van der Waals surface area contributed by atoms with E-state index in [1.54, 1.807) is 0 Å². The fraction of sp³-hybridized carbons (Fsp3) is 0.667. The van der Waals surface area contributed by atoms with Crippen molar-refractivity contribution in [3.05, 3.63) is 18.0 Å². The Balaban J connectivity index is 2.22. The van der Waals surface area contributed by atoms with Crippen LogP contribution < -0.4 is 0 Å². The number of hydrogen-bond donors (Lipinski definition) is 2. The molecule has 2 unspecified atom stereocenters. The van der Waals surface area contributed by atoms with Gasteiger partial charge in [0.2, 0.25) is 10.0 Å². The predicted molar refractivity (Wildman–Crippen MR) is 72.1 cm³/mol. The number of aliphatic hydroxyl groups excluding tert-OH is 1. The van der Waals surface area contributed by atoms with E-state index in [1.165, 1.54) is 16.6 Å². The third-order valence-corrected chi connectivity index (χ3v) is 5.54. The second-order valence-electron chi connectivity index (χ2n) is 5.35. The van der Waals surface area contributed by atoms with Gasteiger partial charge in [-0.15, -0.1) is 0 Å². The lowest BCUT2D eigenvalue weighted by Gasteiger charge is -2.22. The summed E-state index contributed by atoms with van der Waals surface area (Å²) < 4.78 is 26.5. The molecule has 0 bridgehead atoms. The third-order valence-electron chi connectivity index (χ3n) is 3.73. The summed E-state index contributed by atoms with van der Waals surface area (Å²) in [6.45, 7) is 2.92. The Hall–Kier alpha value is -0.890. The molecule has 0 radical (unpaired) electrons. The Morgan fingerprint density at radius 1 is 1.47 bits per heavy atom. The van der Waals surface area contributed by atoms with Crippen LogP contribution in [0.2, 0.25) is 0 Å². The molecule has 1 saturated heterocycles. The van der Waals surface area contributed by atoms with Crippen molar-refractivity contribution < 1.29 is 13.5 Å². The van der Waals surface area contributed by atoms with E-state index in [1.807, 2.05) is 14.1 Å². The predicted octanol–water partition coefficient (Wildman–Crippen LogP) is 0.0776. The number of aromatic amines is 1. The van der Waals surface area contributed by atoms with Crippen LogP contribution in [-0.4, -0.2) is 60.9 Å². The Kier molecular flexibility index (Phi) is 4.00. The monoisotopic (exact) mass is 287 g/mol.